The topological polar surface area (TPSA) is 66.1 Å². The molecule has 5 nitrogen and oxygen atoms in total. The van der Waals surface area contributed by atoms with Gasteiger partial charge in [-0.3, -0.25) is 0 Å². The van der Waals surface area contributed by atoms with Crippen LogP contribution in [0.1, 0.15) is 0 Å². The maximum Gasteiger partial charge on any atom is 0.323 e. The van der Waals surface area contributed by atoms with E-state index in [-0.39, 0.29) is 11.8 Å². The number of aromatic nitrogens is 1. The molecule has 0 saturated heterocycles. The van der Waals surface area contributed by atoms with Crippen molar-refractivity contribution in [1.29, 1.82) is 0 Å². The number of pyridine rings is 1. The van der Waals surface area contributed by atoms with E-state index in [2.05, 4.69) is 20.9 Å². The number of rotatable bonds is 4. The minimum Gasteiger partial charge on any atom is -0.340 e. The number of nitrogens with zero attached hydrogens (tertiary/aromatic N) is 1. The van der Waals surface area contributed by atoms with E-state index in [1.54, 1.807) is 36.4 Å². The summed E-state index contributed by atoms with van der Waals surface area (Å²) in [6, 6.07) is 18.2. The SMILES string of the molecule is O=C(Nc1ccccc1)Nc1ccc(Nc2ccc(F)cc2)nc1. The van der Waals surface area contributed by atoms with Crippen molar-refractivity contribution in [1.82, 2.24) is 4.98 Å². The average Bonchev–Trinajstić information content (AvgIpc) is 2.59. The Hall–Kier alpha value is -3.41. The summed E-state index contributed by atoms with van der Waals surface area (Å²) >= 11 is 0. The van der Waals surface area contributed by atoms with Crippen LogP contribution in [0.15, 0.2) is 72.9 Å². The molecule has 2 amide bonds. The first-order chi connectivity index (χ1) is 11.7. The molecular formula is C18H15FN4O. The van der Waals surface area contributed by atoms with Crippen molar-refractivity contribution in [3.8, 4) is 0 Å². The minimum atomic E-state index is -0.345. The van der Waals surface area contributed by atoms with Crippen molar-refractivity contribution in [2.24, 2.45) is 0 Å². The number of hydrogen-bond donors (Lipinski definition) is 3. The van der Waals surface area contributed by atoms with Crippen molar-refractivity contribution >= 4 is 28.9 Å². The molecule has 0 aliphatic heterocycles. The molecule has 0 saturated carbocycles. The van der Waals surface area contributed by atoms with Crippen molar-refractivity contribution < 1.29 is 9.18 Å². The Morgan fingerprint density at radius 3 is 2.12 bits per heavy atom. The standard InChI is InChI=1S/C18H15FN4O/c19-13-6-8-15(9-7-13)21-17-11-10-16(12-20-17)23-18(24)22-14-4-2-1-3-5-14/h1-12H,(H,20,21)(H2,22,23,24). The van der Waals surface area contributed by atoms with Gasteiger partial charge in [0, 0.05) is 11.4 Å². The van der Waals surface area contributed by atoms with Gasteiger partial charge in [0.15, 0.2) is 0 Å². The summed E-state index contributed by atoms with van der Waals surface area (Å²) in [6.45, 7) is 0. The van der Waals surface area contributed by atoms with Crippen LogP contribution >= 0.6 is 0 Å². The first-order valence-electron chi connectivity index (χ1n) is 7.31. The number of hydrogen-bond acceptors (Lipinski definition) is 3. The summed E-state index contributed by atoms with van der Waals surface area (Å²) < 4.78 is 12.9. The van der Waals surface area contributed by atoms with Gasteiger partial charge in [0.05, 0.1) is 11.9 Å². The molecule has 1 heterocycles. The molecule has 1 aromatic heterocycles. The number of carbonyl (C=O) groups excluding carboxylic acids is 1. The Morgan fingerprint density at radius 2 is 1.46 bits per heavy atom. The van der Waals surface area contributed by atoms with Gasteiger partial charge in [-0.25, -0.2) is 14.2 Å². The first-order valence-corrected chi connectivity index (χ1v) is 7.31. The number of para-hydroxylation sites is 1. The summed E-state index contributed by atoms with van der Waals surface area (Å²) in [5.74, 6) is 0.299. The van der Waals surface area contributed by atoms with E-state index in [1.807, 2.05) is 18.2 Å². The molecule has 0 aliphatic carbocycles. The van der Waals surface area contributed by atoms with Gasteiger partial charge in [0.1, 0.15) is 11.6 Å². The zero-order valence-corrected chi connectivity index (χ0v) is 12.7. The fraction of sp³-hybridized carbons (Fsp3) is 0. The number of urea groups is 1. The molecule has 0 unspecified atom stereocenters. The smallest absolute Gasteiger partial charge is 0.323 e. The molecule has 0 aliphatic rings. The molecule has 24 heavy (non-hydrogen) atoms. The van der Waals surface area contributed by atoms with Gasteiger partial charge in [-0.15, -0.1) is 0 Å². The summed E-state index contributed by atoms with van der Waals surface area (Å²) in [5.41, 5.74) is 2.00. The van der Waals surface area contributed by atoms with Crippen LogP contribution in [-0.2, 0) is 0 Å². The maximum atomic E-state index is 12.9. The van der Waals surface area contributed by atoms with Crippen LogP contribution in [0.5, 0.6) is 0 Å². The van der Waals surface area contributed by atoms with Crippen LogP contribution < -0.4 is 16.0 Å². The highest BCUT2D eigenvalue weighted by atomic mass is 19.1. The summed E-state index contributed by atoms with van der Waals surface area (Å²) in [4.78, 5) is 16.1. The van der Waals surface area contributed by atoms with E-state index in [1.165, 1.54) is 18.3 Å². The fourth-order valence-electron chi connectivity index (χ4n) is 2.04. The lowest BCUT2D eigenvalue weighted by Gasteiger charge is -2.09. The molecule has 3 aromatic rings. The highest BCUT2D eigenvalue weighted by Gasteiger charge is 2.03. The number of benzene rings is 2. The third kappa shape index (κ3) is 4.30. The van der Waals surface area contributed by atoms with E-state index in [4.69, 9.17) is 0 Å². The predicted molar refractivity (Wildman–Crippen MR) is 93.0 cm³/mol. The molecule has 0 atom stereocenters. The van der Waals surface area contributed by atoms with Crippen LogP contribution in [0.4, 0.5) is 32.1 Å². The summed E-state index contributed by atoms with van der Waals surface area (Å²) in [5, 5.41) is 8.47. The van der Waals surface area contributed by atoms with Crippen molar-refractivity contribution in [3.05, 3.63) is 78.7 Å². The van der Waals surface area contributed by atoms with Gasteiger partial charge in [0.25, 0.3) is 0 Å². The number of amides is 2. The predicted octanol–water partition coefficient (Wildman–Crippen LogP) is 4.61. The highest BCUT2D eigenvalue weighted by molar-refractivity contribution is 5.99. The zero-order chi connectivity index (χ0) is 16.8. The van der Waals surface area contributed by atoms with Crippen LogP contribution in [0.25, 0.3) is 0 Å². The molecule has 2 aromatic carbocycles. The van der Waals surface area contributed by atoms with Crippen molar-refractivity contribution in [2.75, 3.05) is 16.0 Å². The quantitative estimate of drug-likeness (QED) is 0.657. The van der Waals surface area contributed by atoms with Gasteiger partial charge >= 0.3 is 6.03 Å². The molecule has 6 heteroatoms. The number of anilines is 4. The van der Waals surface area contributed by atoms with Crippen LogP contribution in [-0.4, -0.2) is 11.0 Å². The third-order valence-corrected chi connectivity index (χ3v) is 3.17. The lowest BCUT2D eigenvalue weighted by molar-refractivity contribution is 0.262. The minimum absolute atomic E-state index is 0.294. The van der Waals surface area contributed by atoms with Gasteiger partial charge in [-0.05, 0) is 48.5 Å². The summed E-state index contributed by atoms with van der Waals surface area (Å²) in [7, 11) is 0. The van der Waals surface area contributed by atoms with E-state index in [9.17, 15) is 9.18 Å². The highest BCUT2D eigenvalue weighted by Crippen LogP contribution is 2.16. The van der Waals surface area contributed by atoms with Crippen molar-refractivity contribution in [2.45, 2.75) is 0 Å². The average molecular weight is 322 g/mol. The fourth-order valence-corrected chi connectivity index (χ4v) is 2.04. The first kappa shape index (κ1) is 15.5. The molecule has 0 spiro atoms. The van der Waals surface area contributed by atoms with E-state index in [0.717, 1.165) is 5.69 Å². The van der Waals surface area contributed by atoms with E-state index >= 15 is 0 Å². The van der Waals surface area contributed by atoms with E-state index in [0.29, 0.717) is 17.2 Å². The molecule has 0 bridgehead atoms. The Balaban J connectivity index is 1.58. The zero-order valence-electron chi connectivity index (χ0n) is 12.7. The molecule has 3 rings (SSSR count). The van der Waals surface area contributed by atoms with Crippen LogP contribution in [0.2, 0.25) is 0 Å². The molecular weight excluding hydrogens is 307 g/mol. The van der Waals surface area contributed by atoms with Crippen LogP contribution in [0.3, 0.4) is 0 Å². The lowest BCUT2D eigenvalue weighted by atomic mass is 10.3. The van der Waals surface area contributed by atoms with Gasteiger partial charge in [0.2, 0.25) is 0 Å². The Kier molecular flexibility index (Phi) is 4.67. The monoisotopic (exact) mass is 322 g/mol. The second-order valence-corrected chi connectivity index (χ2v) is 5.01. The number of carbonyl (C=O) groups is 1. The maximum absolute atomic E-state index is 12.9. The Morgan fingerprint density at radius 1 is 0.792 bits per heavy atom. The van der Waals surface area contributed by atoms with Crippen LogP contribution in [0, 0.1) is 5.82 Å². The lowest BCUT2D eigenvalue weighted by Crippen LogP contribution is -2.19. The number of nitrogens with one attached hydrogen (secondary N) is 3. The summed E-state index contributed by atoms with van der Waals surface area (Å²) in [6.07, 6.45) is 1.54. The molecule has 0 radical (unpaired) electrons. The normalized spacial score (nSPS) is 10.0. The Labute approximate surface area is 138 Å². The number of halogens is 1. The third-order valence-electron chi connectivity index (χ3n) is 3.17. The molecule has 120 valence electrons. The molecule has 3 N–H and O–H groups in total. The van der Waals surface area contributed by atoms with E-state index < -0.39 is 0 Å². The van der Waals surface area contributed by atoms with Crippen molar-refractivity contribution in [3.63, 3.8) is 0 Å². The second kappa shape index (κ2) is 7.23. The van der Waals surface area contributed by atoms with Gasteiger partial charge < -0.3 is 16.0 Å². The second-order valence-electron chi connectivity index (χ2n) is 5.01. The molecule has 0 fully saturated rings. The largest absolute Gasteiger partial charge is 0.340 e. The van der Waals surface area contributed by atoms with Gasteiger partial charge in [-0.1, -0.05) is 18.2 Å². The Bertz CT molecular complexity index is 805. The van der Waals surface area contributed by atoms with Gasteiger partial charge in [-0.2, -0.15) is 0 Å².